The van der Waals surface area contributed by atoms with Gasteiger partial charge in [0.15, 0.2) is 16.5 Å². The highest BCUT2D eigenvalue weighted by atomic mass is 35.5. The van der Waals surface area contributed by atoms with E-state index in [1.54, 1.807) is 18.2 Å². The predicted octanol–water partition coefficient (Wildman–Crippen LogP) is 1.98. The Morgan fingerprint density at radius 2 is 2.00 bits per heavy atom. The predicted molar refractivity (Wildman–Crippen MR) is 86.2 cm³/mol. The minimum absolute atomic E-state index is 0.148. The monoisotopic (exact) mass is 366 g/mol. The molecule has 9 heteroatoms. The number of benzene rings is 1. The Kier molecular flexibility index (Phi) is 4.41. The van der Waals surface area contributed by atoms with Gasteiger partial charge in [-0.1, -0.05) is 17.7 Å². The van der Waals surface area contributed by atoms with Crippen molar-refractivity contribution in [2.75, 3.05) is 6.79 Å². The molecule has 1 aromatic carbocycles. The van der Waals surface area contributed by atoms with Crippen LogP contribution in [0.5, 0.6) is 11.5 Å². The fraction of sp³-hybridized carbons (Fsp3) is 0.0667. The van der Waals surface area contributed by atoms with E-state index in [0.717, 1.165) is 6.08 Å². The van der Waals surface area contributed by atoms with Crippen LogP contribution in [0.3, 0.4) is 0 Å². The number of halogens is 1. The quantitative estimate of drug-likeness (QED) is 0.831. The molecule has 1 N–H and O–H groups in total. The van der Waals surface area contributed by atoms with E-state index in [2.05, 4.69) is 4.98 Å². The number of rotatable bonds is 4. The Morgan fingerprint density at radius 1 is 1.21 bits per heavy atom. The van der Waals surface area contributed by atoms with Crippen LogP contribution in [0.1, 0.15) is 5.56 Å². The number of carbonyl (C=O) groups excluding carboxylic acids is 1. The molecule has 0 spiro atoms. The lowest BCUT2D eigenvalue weighted by Crippen LogP contribution is -2.29. The fourth-order valence-electron chi connectivity index (χ4n) is 1.93. The topological polar surface area (TPSA) is 94.6 Å². The largest absolute Gasteiger partial charge is 0.454 e. The molecular formula is C15H11ClN2O5S. The number of nitrogens with one attached hydrogen (secondary N) is 1. The van der Waals surface area contributed by atoms with Gasteiger partial charge in [-0.25, -0.2) is 9.71 Å². The molecule has 0 unspecified atom stereocenters. The number of hydrogen-bond acceptors (Lipinski definition) is 6. The van der Waals surface area contributed by atoms with Crippen LogP contribution in [0.25, 0.3) is 6.08 Å². The molecule has 0 fully saturated rings. The summed E-state index contributed by atoms with van der Waals surface area (Å²) in [6.45, 7) is 0.148. The Morgan fingerprint density at radius 3 is 2.75 bits per heavy atom. The third-order valence-corrected chi connectivity index (χ3v) is 4.52. The summed E-state index contributed by atoms with van der Waals surface area (Å²) in [4.78, 5) is 15.5. The van der Waals surface area contributed by atoms with Crippen LogP contribution in [0.15, 0.2) is 47.6 Å². The molecule has 7 nitrogen and oxygen atoms in total. The fourth-order valence-corrected chi connectivity index (χ4v) is 2.92. The molecule has 0 atom stereocenters. The van der Waals surface area contributed by atoms with E-state index < -0.39 is 15.9 Å². The van der Waals surface area contributed by atoms with E-state index in [9.17, 15) is 13.2 Å². The summed E-state index contributed by atoms with van der Waals surface area (Å²) >= 11 is 5.65. The standard InChI is InChI=1S/C15H11ClN2O5S/c16-11-3-6-15(17-8-11)24(20,21)18-14(19)5-2-10-1-4-12-13(7-10)23-9-22-12/h1-8H,9H2,(H,18,19). The maximum atomic E-state index is 12.0. The van der Waals surface area contributed by atoms with Crippen molar-refractivity contribution < 1.29 is 22.7 Å². The zero-order valence-electron chi connectivity index (χ0n) is 12.1. The van der Waals surface area contributed by atoms with Crippen LogP contribution >= 0.6 is 11.6 Å². The van der Waals surface area contributed by atoms with Gasteiger partial charge in [-0.2, -0.15) is 8.42 Å². The Hall–Kier alpha value is -2.58. The average molecular weight is 367 g/mol. The molecule has 124 valence electrons. The molecule has 0 aliphatic carbocycles. The van der Waals surface area contributed by atoms with E-state index in [4.69, 9.17) is 21.1 Å². The number of carbonyl (C=O) groups is 1. The van der Waals surface area contributed by atoms with Gasteiger partial charge in [0.1, 0.15) is 0 Å². The molecule has 0 bridgehead atoms. The average Bonchev–Trinajstić information content (AvgIpc) is 3.00. The number of fused-ring (bicyclic) bond motifs is 1. The van der Waals surface area contributed by atoms with Crippen LogP contribution < -0.4 is 14.2 Å². The number of aromatic nitrogens is 1. The Balaban J connectivity index is 1.69. The van der Waals surface area contributed by atoms with E-state index in [1.165, 1.54) is 24.4 Å². The van der Waals surface area contributed by atoms with Crippen molar-refractivity contribution in [2.24, 2.45) is 0 Å². The van der Waals surface area contributed by atoms with Gasteiger partial charge in [0.05, 0.1) is 5.02 Å². The molecule has 0 saturated heterocycles. The van der Waals surface area contributed by atoms with Crippen LogP contribution in [-0.2, 0) is 14.8 Å². The molecule has 1 amide bonds. The van der Waals surface area contributed by atoms with Crippen LogP contribution in [0, 0.1) is 0 Å². The van der Waals surface area contributed by atoms with Gasteiger partial charge < -0.3 is 9.47 Å². The summed E-state index contributed by atoms with van der Waals surface area (Å²) in [5, 5.41) is -0.000269. The third-order valence-electron chi connectivity index (χ3n) is 3.03. The van der Waals surface area contributed by atoms with E-state index >= 15 is 0 Å². The van der Waals surface area contributed by atoms with E-state index in [1.807, 2.05) is 4.72 Å². The van der Waals surface area contributed by atoms with Crippen molar-refractivity contribution in [2.45, 2.75) is 5.03 Å². The highest BCUT2D eigenvalue weighted by molar-refractivity contribution is 7.90. The zero-order valence-corrected chi connectivity index (χ0v) is 13.7. The van der Waals surface area contributed by atoms with Crippen molar-refractivity contribution in [3.63, 3.8) is 0 Å². The third kappa shape index (κ3) is 3.66. The minimum Gasteiger partial charge on any atom is -0.454 e. The SMILES string of the molecule is O=C(C=Cc1ccc2c(c1)OCO2)NS(=O)(=O)c1ccc(Cl)cn1. The lowest BCUT2D eigenvalue weighted by atomic mass is 10.2. The molecule has 3 rings (SSSR count). The number of ether oxygens (including phenoxy) is 2. The van der Waals surface area contributed by atoms with Gasteiger partial charge in [0.25, 0.3) is 15.9 Å². The van der Waals surface area contributed by atoms with Crippen LogP contribution in [-0.4, -0.2) is 26.1 Å². The van der Waals surface area contributed by atoms with Gasteiger partial charge in [0, 0.05) is 12.3 Å². The number of amides is 1. The molecule has 1 aliphatic rings. The van der Waals surface area contributed by atoms with Gasteiger partial charge in [-0.05, 0) is 35.9 Å². The number of nitrogens with zero attached hydrogens (tertiary/aromatic N) is 1. The molecular weight excluding hydrogens is 356 g/mol. The number of hydrogen-bond donors (Lipinski definition) is 1. The number of sulfonamides is 1. The van der Waals surface area contributed by atoms with Crippen LogP contribution in [0.2, 0.25) is 5.02 Å². The normalized spacial score (nSPS) is 13.2. The highest BCUT2D eigenvalue weighted by Crippen LogP contribution is 2.32. The Bertz CT molecular complexity index is 910. The first-order valence-corrected chi connectivity index (χ1v) is 8.56. The molecule has 1 aromatic heterocycles. The second kappa shape index (κ2) is 6.50. The van der Waals surface area contributed by atoms with Crippen molar-refractivity contribution in [1.82, 2.24) is 9.71 Å². The second-order valence-electron chi connectivity index (χ2n) is 4.73. The lowest BCUT2D eigenvalue weighted by molar-refractivity contribution is -0.114. The van der Waals surface area contributed by atoms with Gasteiger partial charge in [-0.15, -0.1) is 0 Å². The zero-order chi connectivity index (χ0) is 17.2. The highest BCUT2D eigenvalue weighted by Gasteiger charge is 2.18. The molecule has 2 aromatic rings. The second-order valence-corrected chi connectivity index (χ2v) is 6.80. The maximum absolute atomic E-state index is 12.0. The van der Waals surface area contributed by atoms with E-state index in [0.29, 0.717) is 22.1 Å². The molecule has 2 heterocycles. The summed E-state index contributed by atoms with van der Waals surface area (Å²) in [7, 11) is -4.06. The van der Waals surface area contributed by atoms with Gasteiger partial charge in [0.2, 0.25) is 6.79 Å². The number of pyridine rings is 1. The molecule has 0 saturated carbocycles. The summed E-state index contributed by atoms with van der Waals surface area (Å²) in [6, 6.07) is 7.68. The molecule has 1 aliphatic heterocycles. The summed E-state index contributed by atoms with van der Waals surface area (Å²) in [5.41, 5.74) is 0.663. The summed E-state index contributed by atoms with van der Waals surface area (Å²) < 4.78 is 36.3. The molecule has 24 heavy (non-hydrogen) atoms. The lowest BCUT2D eigenvalue weighted by Gasteiger charge is -2.03. The minimum atomic E-state index is -4.06. The van der Waals surface area contributed by atoms with Crippen molar-refractivity contribution in [3.05, 3.63) is 53.2 Å². The first-order valence-electron chi connectivity index (χ1n) is 6.70. The van der Waals surface area contributed by atoms with Gasteiger partial charge >= 0.3 is 0 Å². The van der Waals surface area contributed by atoms with Crippen molar-refractivity contribution >= 4 is 33.6 Å². The first-order chi connectivity index (χ1) is 11.4. The summed E-state index contributed by atoms with van der Waals surface area (Å²) in [5.74, 6) is 0.382. The Labute approximate surface area is 142 Å². The molecule has 0 radical (unpaired) electrons. The van der Waals surface area contributed by atoms with Crippen LogP contribution in [0.4, 0.5) is 0 Å². The van der Waals surface area contributed by atoms with Crippen molar-refractivity contribution in [3.8, 4) is 11.5 Å². The first kappa shape index (κ1) is 16.3. The van der Waals surface area contributed by atoms with Gasteiger partial charge in [-0.3, -0.25) is 4.79 Å². The summed E-state index contributed by atoms with van der Waals surface area (Å²) in [6.07, 6.45) is 3.75. The smallest absolute Gasteiger partial charge is 0.281 e. The van der Waals surface area contributed by atoms with E-state index in [-0.39, 0.29) is 11.8 Å². The maximum Gasteiger partial charge on any atom is 0.281 e. The van der Waals surface area contributed by atoms with Crippen molar-refractivity contribution in [1.29, 1.82) is 0 Å².